The Bertz CT molecular complexity index is 935. The van der Waals surface area contributed by atoms with Crippen LogP contribution in [-0.2, 0) is 26.6 Å². The van der Waals surface area contributed by atoms with Crippen LogP contribution < -0.4 is 0 Å². The average Bonchev–Trinajstić information content (AvgIpc) is 3.31. The summed E-state index contributed by atoms with van der Waals surface area (Å²) in [6.07, 6.45) is 5.86. The lowest BCUT2D eigenvalue weighted by Crippen LogP contribution is -2.37. The Labute approximate surface area is 145 Å². The van der Waals surface area contributed by atoms with Crippen LogP contribution >= 0.6 is 0 Å². The highest BCUT2D eigenvalue weighted by molar-refractivity contribution is 5.91. The predicted octanol–water partition coefficient (Wildman–Crippen LogP) is 1.80. The van der Waals surface area contributed by atoms with Crippen molar-refractivity contribution in [1.82, 2.24) is 29.2 Å². The van der Waals surface area contributed by atoms with Gasteiger partial charge >= 0.3 is 0 Å². The number of aromatic nitrogens is 5. The monoisotopic (exact) mass is 340 g/mol. The fraction of sp³-hybridized carbons (Fsp3) is 0.412. The Morgan fingerprint density at radius 1 is 1.36 bits per heavy atom. The van der Waals surface area contributed by atoms with Gasteiger partial charge in [-0.05, 0) is 13.8 Å². The van der Waals surface area contributed by atoms with E-state index in [4.69, 9.17) is 4.42 Å². The number of oxazole rings is 1. The molecule has 1 aliphatic rings. The van der Waals surface area contributed by atoms with Crippen molar-refractivity contribution in [2.75, 3.05) is 6.54 Å². The highest BCUT2D eigenvalue weighted by Crippen LogP contribution is 2.30. The van der Waals surface area contributed by atoms with E-state index >= 15 is 0 Å². The van der Waals surface area contributed by atoms with Crippen molar-refractivity contribution in [2.45, 2.75) is 33.4 Å². The summed E-state index contributed by atoms with van der Waals surface area (Å²) in [5, 5.41) is 4.67. The van der Waals surface area contributed by atoms with E-state index in [1.165, 1.54) is 0 Å². The Morgan fingerprint density at radius 2 is 2.20 bits per heavy atom. The van der Waals surface area contributed by atoms with Crippen LogP contribution in [0.3, 0.4) is 0 Å². The molecule has 0 atom stereocenters. The zero-order chi connectivity index (χ0) is 17.6. The number of nitrogens with zero attached hydrogens (tertiary/aromatic N) is 6. The largest absolute Gasteiger partial charge is 0.440 e. The van der Waals surface area contributed by atoms with Crippen LogP contribution in [0.25, 0.3) is 11.6 Å². The first kappa shape index (κ1) is 15.6. The highest BCUT2D eigenvalue weighted by atomic mass is 16.4. The van der Waals surface area contributed by atoms with Crippen LogP contribution in [0.15, 0.2) is 23.0 Å². The average molecular weight is 340 g/mol. The summed E-state index contributed by atoms with van der Waals surface area (Å²) in [6.45, 7) is 5.82. The maximum Gasteiger partial charge on any atom is 0.290 e. The fourth-order valence-corrected chi connectivity index (χ4v) is 3.27. The molecule has 0 aliphatic carbocycles. The summed E-state index contributed by atoms with van der Waals surface area (Å²) < 4.78 is 9.39. The molecule has 0 saturated heterocycles. The van der Waals surface area contributed by atoms with Crippen LogP contribution in [0, 0.1) is 6.92 Å². The molecule has 3 aromatic heterocycles. The Balaban J connectivity index is 1.71. The lowest BCUT2D eigenvalue weighted by molar-refractivity contribution is 0.0717. The van der Waals surface area contributed by atoms with Crippen molar-refractivity contribution in [3.63, 3.8) is 0 Å². The van der Waals surface area contributed by atoms with E-state index < -0.39 is 0 Å². The molecule has 130 valence electrons. The summed E-state index contributed by atoms with van der Waals surface area (Å²) in [5.41, 5.74) is 2.89. The highest BCUT2D eigenvalue weighted by Gasteiger charge is 2.30. The van der Waals surface area contributed by atoms with Gasteiger partial charge in [-0.25, -0.2) is 9.97 Å². The maximum absolute atomic E-state index is 12.8. The van der Waals surface area contributed by atoms with E-state index in [2.05, 4.69) is 22.0 Å². The number of carbonyl (C=O) groups excluding carboxylic acids is 1. The minimum Gasteiger partial charge on any atom is -0.440 e. The van der Waals surface area contributed by atoms with Crippen molar-refractivity contribution >= 4 is 5.91 Å². The van der Waals surface area contributed by atoms with Gasteiger partial charge in [0.25, 0.3) is 5.91 Å². The second-order valence-electron chi connectivity index (χ2n) is 6.20. The molecule has 4 heterocycles. The molecule has 0 saturated carbocycles. The topological polar surface area (TPSA) is 82.0 Å². The van der Waals surface area contributed by atoms with Crippen LogP contribution in [0.2, 0.25) is 0 Å². The van der Waals surface area contributed by atoms with Crippen molar-refractivity contribution < 1.29 is 9.21 Å². The van der Waals surface area contributed by atoms with Gasteiger partial charge in [0.05, 0.1) is 12.7 Å². The Kier molecular flexibility index (Phi) is 3.67. The van der Waals surface area contributed by atoms with E-state index in [0.29, 0.717) is 24.8 Å². The third-order valence-corrected chi connectivity index (χ3v) is 4.56. The molecule has 0 radical (unpaired) electrons. The van der Waals surface area contributed by atoms with E-state index in [-0.39, 0.29) is 5.91 Å². The number of carbonyl (C=O) groups is 1. The summed E-state index contributed by atoms with van der Waals surface area (Å²) in [5.74, 6) is 1.62. The number of fused-ring (bicyclic) bond motifs is 1. The molecule has 4 rings (SSSR count). The Hall–Kier alpha value is -2.90. The first-order valence-electron chi connectivity index (χ1n) is 8.36. The van der Waals surface area contributed by atoms with Crippen LogP contribution in [0.5, 0.6) is 0 Å². The van der Waals surface area contributed by atoms with E-state index in [9.17, 15) is 4.79 Å². The quantitative estimate of drug-likeness (QED) is 0.726. The molecule has 1 aliphatic heterocycles. The molecule has 0 aromatic carbocycles. The molecule has 8 nitrogen and oxygen atoms in total. The molecule has 1 amide bonds. The van der Waals surface area contributed by atoms with Gasteiger partial charge in [0, 0.05) is 50.2 Å². The second-order valence-corrected chi connectivity index (χ2v) is 6.20. The number of rotatable bonds is 3. The van der Waals surface area contributed by atoms with Crippen molar-refractivity contribution in [2.24, 2.45) is 7.05 Å². The molecule has 25 heavy (non-hydrogen) atoms. The summed E-state index contributed by atoms with van der Waals surface area (Å²) in [4.78, 5) is 23.1. The minimum atomic E-state index is -0.0723. The summed E-state index contributed by atoms with van der Waals surface area (Å²) >= 11 is 0. The SMILES string of the molecule is CCn1nc(-c2ncc(C)o2)c2c1CCN(C(=O)c1nccn1C)C2. The predicted molar refractivity (Wildman–Crippen MR) is 89.8 cm³/mol. The van der Waals surface area contributed by atoms with Crippen molar-refractivity contribution in [1.29, 1.82) is 0 Å². The molecule has 3 aromatic rings. The third kappa shape index (κ3) is 2.54. The Morgan fingerprint density at radius 3 is 2.84 bits per heavy atom. The van der Waals surface area contributed by atoms with Gasteiger partial charge in [-0.15, -0.1) is 0 Å². The molecular formula is C17H20N6O2. The standard InChI is InChI=1S/C17H20N6O2/c1-4-23-13-5-7-22(17(24)15-18-6-8-21(15)3)10-12(13)14(20-23)16-19-9-11(2)25-16/h6,8-9H,4-5,7,10H2,1-3H3. The zero-order valence-electron chi connectivity index (χ0n) is 14.6. The molecule has 0 fully saturated rings. The molecule has 0 N–H and O–H groups in total. The molecule has 0 bridgehead atoms. The molecule has 0 spiro atoms. The summed E-state index contributed by atoms with van der Waals surface area (Å²) in [6, 6.07) is 0. The smallest absolute Gasteiger partial charge is 0.290 e. The van der Waals surface area contributed by atoms with Gasteiger partial charge in [-0.2, -0.15) is 5.10 Å². The zero-order valence-corrected chi connectivity index (χ0v) is 14.6. The lowest BCUT2D eigenvalue weighted by Gasteiger charge is -2.27. The van der Waals surface area contributed by atoms with Crippen molar-refractivity contribution in [3.05, 3.63) is 41.4 Å². The van der Waals surface area contributed by atoms with E-state index in [1.54, 1.807) is 23.2 Å². The number of aryl methyl sites for hydroxylation is 3. The first-order chi connectivity index (χ1) is 12.1. The van der Waals surface area contributed by atoms with Crippen molar-refractivity contribution in [3.8, 4) is 11.6 Å². The number of hydrogen-bond donors (Lipinski definition) is 0. The normalized spacial score (nSPS) is 14.0. The number of amides is 1. The van der Waals surface area contributed by atoms with Gasteiger partial charge in [0.2, 0.25) is 5.89 Å². The third-order valence-electron chi connectivity index (χ3n) is 4.56. The van der Waals surface area contributed by atoms with E-state index in [0.717, 1.165) is 35.7 Å². The van der Waals surface area contributed by atoms with Crippen LogP contribution in [0.1, 0.15) is 34.6 Å². The molecule has 8 heteroatoms. The van der Waals surface area contributed by atoms with Gasteiger partial charge in [-0.3, -0.25) is 9.48 Å². The molecule has 0 unspecified atom stereocenters. The van der Waals surface area contributed by atoms with Gasteiger partial charge in [0.15, 0.2) is 11.5 Å². The maximum atomic E-state index is 12.8. The van der Waals surface area contributed by atoms with Gasteiger partial charge in [0.1, 0.15) is 5.76 Å². The lowest BCUT2D eigenvalue weighted by atomic mass is 10.0. The number of hydrogen-bond acceptors (Lipinski definition) is 5. The number of imidazole rings is 1. The second kappa shape index (κ2) is 5.87. The van der Waals surface area contributed by atoms with Crippen LogP contribution in [0.4, 0.5) is 0 Å². The van der Waals surface area contributed by atoms with E-state index in [1.807, 2.05) is 23.6 Å². The minimum absolute atomic E-state index is 0.0723. The molecular weight excluding hydrogens is 320 g/mol. The van der Waals surface area contributed by atoms with Crippen LogP contribution in [-0.4, -0.2) is 41.7 Å². The van der Waals surface area contributed by atoms with Gasteiger partial charge in [-0.1, -0.05) is 0 Å². The van der Waals surface area contributed by atoms with Gasteiger partial charge < -0.3 is 13.9 Å². The fourth-order valence-electron chi connectivity index (χ4n) is 3.27. The summed E-state index contributed by atoms with van der Waals surface area (Å²) in [7, 11) is 1.83. The first-order valence-corrected chi connectivity index (χ1v) is 8.36.